The molecule has 1 atom stereocenters. The van der Waals surface area contributed by atoms with Gasteiger partial charge in [-0.25, -0.2) is 13.8 Å². The molecule has 1 fully saturated rings. The standard InChI is InChI=1S/C23H22BrF2N3O2/c1-15-27-22(31-14-17-4-7-18(25)12-21(17)26)20(24)13-29(15)19-8-5-16(6-9-19)23(30)28-10-2-3-11-28/h4-9,12-13,15H,2-3,10-11,14H2,1H3. The van der Waals surface area contributed by atoms with Crippen molar-refractivity contribution in [3.05, 3.63) is 75.9 Å². The SMILES string of the molecule is CC1N=C(OCc2ccc(F)cc2F)C(Br)=CN1c1ccc(C(=O)N2CCCC2)cc1. The zero-order chi connectivity index (χ0) is 22.0. The molecule has 0 spiro atoms. The van der Waals surface area contributed by atoms with E-state index in [4.69, 9.17) is 4.74 Å². The number of benzene rings is 2. The predicted octanol–water partition coefficient (Wildman–Crippen LogP) is 5.22. The lowest BCUT2D eigenvalue weighted by Crippen LogP contribution is -2.32. The number of nitrogens with zero attached hydrogens (tertiary/aromatic N) is 3. The van der Waals surface area contributed by atoms with Crippen molar-refractivity contribution in [1.29, 1.82) is 0 Å². The fourth-order valence-electron chi connectivity index (χ4n) is 3.64. The van der Waals surface area contributed by atoms with Crippen molar-refractivity contribution in [2.24, 2.45) is 4.99 Å². The van der Waals surface area contributed by atoms with Gasteiger partial charge in [-0.15, -0.1) is 0 Å². The molecule has 31 heavy (non-hydrogen) atoms. The molecule has 0 bridgehead atoms. The van der Waals surface area contributed by atoms with E-state index < -0.39 is 11.6 Å². The second kappa shape index (κ2) is 9.18. The first-order chi connectivity index (χ1) is 14.9. The van der Waals surface area contributed by atoms with Crippen LogP contribution in [0.3, 0.4) is 0 Å². The molecule has 0 aromatic heterocycles. The van der Waals surface area contributed by atoms with E-state index in [9.17, 15) is 13.6 Å². The first kappa shape index (κ1) is 21.5. The molecule has 1 saturated heterocycles. The van der Waals surface area contributed by atoms with Gasteiger partial charge in [0.05, 0.1) is 4.48 Å². The lowest BCUT2D eigenvalue weighted by atomic mass is 10.1. The van der Waals surface area contributed by atoms with E-state index in [1.807, 2.05) is 47.2 Å². The predicted molar refractivity (Wildman–Crippen MR) is 119 cm³/mol. The average molecular weight is 490 g/mol. The van der Waals surface area contributed by atoms with Crippen LogP contribution < -0.4 is 4.90 Å². The fourth-order valence-corrected chi connectivity index (χ4v) is 4.08. The molecule has 0 radical (unpaired) electrons. The summed E-state index contributed by atoms with van der Waals surface area (Å²) in [6.45, 7) is 3.48. The summed E-state index contributed by atoms with van der Waals surface area (Å²) in [7, 11) is 0. The van der Waals surface area contributed by atoms with Gasteiger partial charge in [-0.2, -0.15) is 0 Å². The van der Waals surface area contributed by atoms with Crippen LogP contribution in [0.15, 0.2) is 58.1 Å². The number of likely N-dealkylation sites (tertiary alicyclic amines) is 1. The van der Waals surface area contributed by atoms with Gasteiger partial charge in [-0.05, 0) is 72.1 Å². The third kappa shape index (κ3) is 4.79. The lowest BCUT2D eigenvalue weighted by Gasteiger charge is -2.30. The van der Waals surface area contributed by atoms with Crippen molar-refractivity contribution in [3.8, 4) is 0 Å². The van der Waals surface area contributed by atoms with E-state index in [1.54, 1.807) is 0 Å². The number of carbonyl (C=O) groups is 1. The Morgan fingerprint density at radius 3 is 2.55 bits per heavy atom. The van der Waals surface area contributed by atoms with E-state index in [2.05, 4.69) is 20.9 Å². The van der Waals surface area contributed by atoms with Crippen LogP contribution in [0.25, 0.3) is 0 Å². The van der Waals surface area contributed by atoms with Gasteiger partial charge in [0.25, 0.3) is 5.91 Å². The third-order valence-electron chi connectivity index (χ3n) is 5.35. The van der Waals surface area contributed by atoms with E-state index in [0.717, 1.165) is 37.7 Å². The minimum atomic E-state index is -0.658. The van der Waals surface area contributed by atoms with Crippen LogP contribution in [-0.4, -0.2) is 36.0 Å². The maximum absolute atomic E-state index is 13.8. The Morgan fingerprint density at radius 1 is 1.16 bits per heavy atom. The Balaban J connectivity index is 1.43. The van der Waals surface area contributed by atoms with Crippen molar-refractivity contribution < 1.29 is 18.3 Å². The Labute approximate surface area is 188 Å². The topological polar surface area (TPSA) is 45.1 Å². The zero-order valence-electron chi connectivity index (χ0n) is 17.0. The van der Waals surface area contributed by atoms with E-state index in [0.29, 0.717) is 15.9 Å². The van der Waals surface area contributed by atoms with E-state index >= 15 is 0 Å². The summed E-state index contributed by atoms with van der Waals surface area (Å²) < 4.78 is 33.2. The van der Waals surface area contributed by atoms with Gasteiger partial charge >= 0.3 is 0 Å². The van der Waals surface area contributed by atoms with Crippen LogP contribution in [0, 0.1) is 11.6 Å². The molecule has 1 unspecified atom stereocenters. The summed E-state index contributed by atoms with van der Waals surface area (Å²) >= 11 is 3.46. The van der Waals surface area contributed by atoms with Crippen molar-refractivity contribution in [3.63, 3.8) is 0 Å². The molecule has 162 valence electrons. The Morgan fingerprint density at radius 2 is 1.87 bits per heavy atom. The minimum absolute atomic E-state index is 0.0616. The van der Waals surface area contributed by atoms with Crippen LogP contribution >= 0.6 is 15.9 Å². The Kier molecular flexibility index (Phi) is 6.36. The van der Waals surface area contributed by atoms with Crippen molar-refractivity contribution in [2.45, 2.75) is 32.5 Å². The van der Waals surface area contributed by atoms with Crippen LogP contribution in [0.1, 0.15) is 35.7 Å². The number of anilines is 1. The second-order valence-corrected chi connectivity index (χ2v) is 8.38. The van der Waals surface area contributed by atoms with Crippen LogP contribution in [0.5, 0.6) is 0 Å². The van der Waals surface area contributed by atoms with E-state index in [-0.39, 0.29) is 24.2 Å². The number of halogens is 3. The van der Waals surface area contributed by atoms with E-state index in [1.165, 1.54) is 12.1 Å². The Bertz CT molecular complexity index is 1030. The van der Waals surface area contributed by atoms with Crippen LogP contribution in [-0.2, 0) is 11.3 Å². The highest BCUT2D eigenvalue weighted by molar-refractivity contribution is 9.12. The summed E-state index contributed by atoms with van der Waals surface area (Å²) in [5.74, 6) is -0.882. The highest BCUT2D eigenvalue weighted by atomic mass is 79.9. The molecule has 2 aromatic carbocycles. The summed E-state index contributed by atoms with van der Waals surface area (Å²) in [4.78, 5) is 20.9. The van der Waals surface area contributed by atoms with Gasteiger partial charge in [0.1, 0.15) is 24.4 Å². The molecule has 8 heteroatoms. The van der Waals surface area contributed by atoms with Gasteiger partial charge in [-0.1, -0.05) is 0 Å². The van der Waals surface area contributed by atoms with Crippen molar-refractivity contribution in [2.75, 3.05) is 18.0 Å². The summed E-state index contributed by atoms with van der Waals surface area (Å²) in [5.41, 5.74) is 1.81. The lowest BCUT2D eigenvalue weighted by molar-refractivity contribution is 0.0793. The average Bonchev–Trinajstić information content (AvgIpc) is 3.30. The van der Waals surface area contributed by atoms with Gasteiger partial charge in [0.2, 0.25) is 5.90 Å². The quantitative estimate of drug-likeness (QED) is 0.591. The first-order valence-corrected chi connectivity index (χ1v) is 10.9. The van der Waals surface area contributed by atoms with Gasteiger partial charge in [0, 0.05) is 42.2 Å². The molecule has 5 nitrogen and oxygen atoms in total. The van der Waals surface area contributed by atoms with Crippen molar-refractivity contribution >= 4 is 33.4 Å². The number of hydrogen-bond acceptors (Lipinski definition) is 4. The largest absolute Gasteiger partial charge is 0.472 e. The highest BCUT2D eigenvalue weighted by Crippen LogP contribution is 2.27. The number of ether oxygens (including phenoxy) is 1. The fraction of sp³-hybridized carbons (Fsp3) is 0.304. The van der Waals surface area contributed by atoms with Crippen LogP contribution in [0.2, 0.25) is 0 Å². The van der Waals surface area contributed by atoms with Gasteiger partial charge < -0.3 is 14.5 Å². The monoisotopic (exact) mass is 489 g/mol. The first-order valence-electron chi connectivity index (χ1n) is 10.1. The highest BCUT2D eigenvalue weighted by Gasteiger charge is 2.23. The normalized spacial score (nSPS) is 18.6. The summed E-state index contributed by atoms with van der Waals surface area (Å²) in [6, 6.07) is 10.8. The maximum atomic E-state index is 13.8. The molecule has 0 aliphatic carbocycles. The number of rotatable bonds is 4. The molecule has 0 saturated carbocycles. The summed E-state index contributed by atoms with van der Waals surface area (Å²) in [5, 5.41) is 0. The number of amides is 1. The molecular formula is C23H22BrF2N3O2. The summed E-state index contributed by atoms with van der Waals surface area (Å²) in [6.07, 6.45) is 3.69. The second-order valence-electron chi connectivity index (χ2n) is 7.52. The number of hydrogen-bond donors (Lipinski definition) is 0. The maximum Gasteiger partial charge on any atom is 0.253 e. The number of aliphatic imine (C=N–C) groups is 1. The molecule has 4 rings (SSSR count). The zero-order valence-corrected chi connectivity index (χ0v) is 18.6. The molecular weight excluding hydrogens is 468 g/mol. The van der Waals surface area contributed by atoms with Crippen molar-refractivity contribution in [1.82, 2.24) is 4.90 Å². The Hall–Kier alpha value is -2.74. The molecule has 0 N–H and O–H groups in total. The molecule has 2 aliphatic rings. The van der Waals surface area contributed by atoms with Gasteiger partial charge in [-0.3, -0.25) is 4.79 Å². The number of carbonyl (C=O) groups excluding carboxylic acids is 1. The molecule has 2 aromatic rings. The van der Waals surface area contributed by atoms with Crippen LogP contribution in [0.4, 0.5) is 14.5 Å². The minimum Gasteiger partial charge on any atom is -0.472 e. The molecule has 2 aliphatic heterocycles. The smallest absolute Gasteiger partial charge is 0.253 e. The molecule has 2 heterocycles. The third-order valence-corrected chi connectivity index (χ3v) is 5.89. The molecule has 1 amide bonds. The van der Waals surface area contributed by atoms with Gasteiger partial charge in [0.15, 0.2) is 0 Å².